The Hall–Kier alpha value is -1.07. The summed E-state index contributed by atoms with van der Waals surface area (Å²) >= 11 is 0. The highest BCUT2D eigenvalue weighted by atomic mass is 35.5. The van der Waals surface area contributed by atoms with Gasteiger partial charge in [-0.1, -0.05) is 0 Å². The number of halogens is 1. The van der Waals surface area contributed by atoms with E-state index < -0.39 is 5.54 Å². The topological polar surface area (TPSA) is 83.8 Å². The van der Waals surface area contributed by atoms with Gasteiger partial charge in [0.2, 0.25) is 0 Å². The van der Waals surface area contributed by atoms with Crippen molar-refractivity contribution in [1.82, 2.24) is 15.5 Å². The third-order valence-electron chi connectivity index (χ3n) is 2.81. The Morgan fingerprint density at radius 1 is 1.65 bits per heavy atom. The monoisotopic (exact) mass is 258 g/mol. The summed E-state index contributed by atoms with van der Waals surface area (Å²) in [5.74, 6) is 0.412. The molecular formula is C11H19ClN4O. The minimum absolute atomic E-state index is 0. The zero-order valence-corrected chi connectivity index (χ0v) is 10.9. The fourth-order valence-corrected chi connectivity index (χ4v) is 1.48. The van der Waals surface area contributed by atoms with Crippen molar-refractivity contribution in [1.29, 1.82) is 0 Å². The van der Waals surface area contributed by atoms with Gasteiger partial charge in [-0.25, -0.2) is 0 Å². The quantitative estimate of drug-likeness (QED) is 0.758. The summed E-state index contributed by atoms with van der Waals surface area (Å²) in [5.41, 5.74) is 6.67. The number of carbonyl (C=O) groups excluding carboxylic acids is 1. The molecule has 5 nitrogen and oxygen atoms in total. The van der Waals surface area contributed by atoms with E-state index >= 15 is 0 Å². The van der Waals surface area contributed by atoms with Crippen molar-refractivity contribution in [3.8, 4) is 0 Å². The molecular weight excluding hydrogens is 240 g/mol. The van der Waals surface area contributed by atoms with Gasteiger partial charge in [0.1, 0.15) is 5.69 Å². The van der Waals surface area contributed by atoms with Crippen molar-refractivity contribution in [2.24, 2.45) is 5.73 Å². The standard InChI is InChI=1S/C11H18N4O.ClH/c1-11(2,6-12)13-10(16)9-5-8(14-15-9)7-3-4-7;/h5,7H,3-4,6,12H2,1-2H3,(H,13,16)(H,14,15);1H. The molecule has 1 aliphatic carbocycles. The first-order valence-corrected chi connectivity index (χ1v) is 5.60. The lowest BCUT2D eigenvalue weighted by Gasteiger charge is -2.23. The molecule has 0 saturated heterocycles. The normalized spacial score (nSPS) is 15.2. The van der Waals surface area contributed by atoms with E-state index in [1.165, 1.54) is 12.8 Å². The van der Waals surface area contributed by atoms with Gasteiger partial charge >= 0.3 is 0 Å². The van der Waals surface area contributed by atoms with Gasteiger partial charge in [0.05, 0.1) is 0 Å². The maximum atomic E-state index is 11.8. The molecule has 1 fully saturated rings. The van der Waals surface area contributed by atoms with Crippen LogP contribution in [0.2, 0.25) is 0 Å². The highest BCUT2D eigenvalue weighted by molar-refractivity contribution is 5.92. The SMILES string of the molecule is CC(C)(CN)NC(=O)c1cc(C2CC2)[nH]n1.Cl. The van der Waals surface area contributed by atoms with Crippen molar-refractivity contribution in [3.63, 3.8) is 0 Å². The van der Waals surface area contributed by atoms with E-state index in [-0.39, 0.29) is 18.3 Å². The number of aromatic amines is 1. The van der Waals surface area contributed by atoms with Gasteiger partial charge in [0.15, 0.2) is 0 Å². The van der Waals surface area contributed by atoms with Crippen LogP contribution in [0.3, 0.4) is 0 Å². The molecule has 1 aromatic rings. The van der Waals surface area contributed by atoms with Crippen LogP contribution in [0.4, 0.5) is 0 Å². The summed E-state index contributed by atoms with van der Waals surface area (Å²) in [7, 11) is 0. The lowest BCUT2D eigenvalue weighted by Crippen LogP contribution is -2.48. The molecule has 96 valence electrons. The number of H-pyrrole nitrogens is 1. The summed E-state index contributed by atoms with van der Waals surface area (Å²) in [4.78, 5) is 11.8. The van der Waals surface area contributed by atoms with Crippen molar-refractivity contribution < 1.29 is 4.79 Å². The van der Waals surface area contributed by atoms with Crippen molar-refractivity contribution in [2.75, 3.05) is 6.54 Å². The Balaban J connectivity index is 0.00000144. The Kier molecular flexibility index (Phi) is 4.16. The fraction of sp³-hybridized carbons (Fsp3) is 0.636. The number of nitrogens with one attached hydrogen (secondary N) is 2. The van der Waals surface area contributed by atoms with Gasteiger partial charge in [-0.3, -0.25) is 9.89 Å². The van der Waals surface area contributed by atoms with Crippen molar-refractivity contribution in [3.05, 3.63) is 17.5 Å². The van der Waals surface area contributed by atoms with Gasteiger partial charge in [-0.15, -0.1) is 12.4 Å². The second-order valence-corrected chi connectivity index (χ2v) is 5.02. The number of hydrogen-bond acceptors (Lipinski definition) is 3. The van der Waals surface area contributed by atoms with E-state index in [4.69, 9.17) is 5.73 Å². The predicted octanol–water partition coefficient (Wildman–Crippen LogP) is 1.18. The molecule has 0 aromatic carbocycles. The molecule has 1 saturated carbocycles. The summed E-state index contributed by atoms with van der Waals surface area (Å²) in [6.45, 7) is 4.18. The van der Waals surface area contributed by atoms with Gasteiger partial charge in [-0.2, -0.15) is 5.10 Å². The molecule has 0 radical (unpaired) electrons. The van der Waals surface area contributed by atoms with E-state index in [1.807, 2.05) is 19.9 Å². The Labute approximate surface area is 107 Å². The van der Waals surface area contributed by atoms with E-state index in [2.05, 4.69) is 15.5 Å². The predicted molar refractivity (Wildman–Crippen MR) is 68.4 cm³/mol. The Morgan fingerprint density at radius 2 is 2.29 bits per heavy atom. The van der Waals surface area contributed by atoms with Crippen LogP contribution in [0.1, 0.15) is 48.8 Å². The zero-order chi connectivity index (χ0) is 11.8. The zero-order valence-electron chi connectivity index (χ0n) is 10.1. The molecule has 1 aromatic heterocycles. The van der Waals surface area contributed by atoms with Crippen molar-refractivity contribution in [2.45, 2.75) is 38.1 Å². The minimum atomic E-state index is -0.393. The third-order valence-corrected chi connectivity index (χ3v) is 2.81. The van der Waals surface area contributed by atoms with Crippen LogP contribution in [-0.4, -0.2) is 28.2 Å². The average molecular weight is 259 g/mol. The second-order valence-electron chi connectivity index (χ2n) is 5.02. The molecule has 1 amide bonds. The van der Waals surface area contributed by atoms with E-state index in [9.17, 15) is 4.79 Å². The molecule has 0 aliphatic heterocycles. The number of rotatable bonds is 4. The second kappa shape index (κ2) is 5.06. The number of nitrogens with two attached hydrogens (primary N) is 1. The molecule has 2 rings (SSSR count). The van der Waals surface area contributed by atoms with Crippen molar-refractivity contribution >= 4 is 18.3 Å². The number of amides is 1. The third kappa shape index (κ3) is 3.44. The molecule has 6 heteroatoms. The number of nitrogens with zero attached hydrogens (tertiary/aromatic N) is 1. The van der Waals surface area contributed by atoms with Crippen LogP contribution in [-0.2, 0) is 0 Å². The van der Waals surface area contributed by atoms with Crippen LogP contribution in [0.15, 0.2) is 6.07 Å². The summed E-state index contributed by atoms with van der Waals surface area (Å²) in [5, 5.41) is 9.78. The molecule has 17 heavy (non-hydrogen) atoms. The Morgan fingerprint density at radius 3 is 2.82 bits per heavy atom. The molecule has 0 spiro atoms. The lowest BCUT2D eigenvalue weighted by atomic mass is 10.1. The molecule has 1 aliphatic rings. The number of carbonyl (C=O) groups is 1. The molecule has 1 heterocycles. The van der Waals surface area contributed by atoms with E-state index in [0.717, 1.165) is 5.69 Å². The van der Waals surface area contributed by atoms with Gasteiger partial charge in [-0.05, 0) is 32.8 Å². The fourth-order valence-electron chi connectivity index (χ4n) is 1.48. The average Bonchev–Trinajstić information content (AvgIpc) is 2.96. The molecule has 0 unspecified atom stereocenters. The molecule has 0 atom stereocenters. The first kappa shape index (κ1) is 14.0. The lowest BCUT2D eigenvalue weighted by molar-refractivity contribution is 0.0910. The van der Waals surface area contributed by atoms with E-state index in [1.54, 1.807) is 0 Å². The minimum Gasteiger partial charge on any atom is -0.344 e. The van der Waals surface area contributed by atoms with Gasteiger partial charge in [0.25, 0.3) is 5.91 Å². The summed E-state index contributed by atoms with van der Waals surface area (Å²) in [6.07, 6.45) is 2.38. The molecule has 4 N–H and O–H groups in total. The van der Waals surface area contributed by atoms with Crippen LogP contribution >= 0.6 is 12.4 Å². The number of aromatic nitrogens is 2. The van der Waals surface area contributed by atoms with Crippen LogP contribution in [0.5, 0.6) is 0 Å². The smallest absolute Gasteiger partial charge is 0.272 e. The molecule has 0 bridgehead atoms. The first-order valence-electron chi connectivity index (χ1n) is 5.60. The van der Waals surface area contributed by atoms with Gasteiger partial charge in [0, 0.05) is 23.7 Å². The van der Waals surface area contributed by atoms with Crippen LogP contribution < -0.4 is 11.1 Å². The number of hydrogen-bond donors (Lipinski definition) is 3. The summed E-state index contributed by atoms with van der Waals surface area (Å²) < 4.78 is 0. The highest BCUT2D eigenvalue weighted by Crippen LogP contribution is 2.38. The largest absolute Gasteiger partial charge is 0.344 e. The Bertz CT molecular complexity index is 398. The maximum absolute atomic E-state index is 11.8. The summed E-state index contributed by atoms with van der Waals surface area (Å²) in [6, 6.07) is 1.83. The van der Waals surface area contributed by atoms with Gasteiger partial charge < -0.3 is 11.1 Å². The maximum Gasteiger partial charge on any atom is 0.272 e. The first-order chi connectivity index (χ1) is 7.52. The van der Waals surface area contributed by atoms with Crippen LogP contribution in [0.25, 0.3) is 0 Å². The van der Waals surface area contributed by atoms with Crippen LogP contribution in [0, 0.1) is 0 Å². The highest BCUT2D eigenvalue weighted by Gasteiger charge is 2.27. The van der Waals surface area contributed by atoms with E-state index in [0.29, 0.717) is 18.2 Å².